The van der Waals surface area contributed by atoms with Crippen LogP contribution in [0.5, 0.6) is 0 Å². The van der Waals surface area contributed by atoms with E-state index >= 15 is 0 Å². The lowest BCUT2D eigenvalue weighted by Crippen LogP contribution is -2.35. The zero-order valence-corrected chi connectivity index (χ0v) is 21.8. The van der Waals surface area contributed by atoms with Crippen molar-refractivity contribution in [1.82, 2.24) is 15.3 Å². The molecule has 2 fully saturated rings. The van der Waals surface area contributed by atoms with Crippen LogP contribution in [0.2, 0.25) is 0 Å². The third-order valence-electron chi connectivity index (χ3n) is 7.81. The minimum atomic E-state index is -0.654. The van der Waals surface area contributed by atoms with Crippen molar-refractivity contribution in [1.29, 1.82) is 0 Å². The third kappa shape index (κ3) is 5.65. The van der Waals surface area contributed by atoms with Crippen molar-refractivity contribution in [2.75, 3.05) is 0 Å². The van der Waals surface area contributed by atoms with Crippen molar-refractivity contribution >= 4 is 11.9 Å². The number of H-pyrrole nitrogens is 1. The van der Waals surface area contributed by atoms with Gasteiger partial charge in [0.15, 0.2) is 0 Å². The second-order valence-electron chi connectivity index (χ2n) is 10.5. The van der Waals surface area contributed by atoms with E-state index in [1.807, 2.05) is 44.2 Å². The molecule has 2 heterocycles. The van der Waals surface area contributed by atoms with Crippen LogP contribution in [-0.4, -0.2) is 34.1 Å². The van der Waals surface area contributed by atoms with Gasteiger partial charge in [0.2, 0.25) is 0 Å². The van der Waals surface area contributed by atoms with Gasteiger partial charge in [-0.25, -0.2) is 14.6 Å². The topological polar surface area (TPSA) is 93.3 Å². The van der Waals surface area contributed by atoms with Crippen molar-refractivity contribution in [3.05, 3.63) is 64.8 Å². The summed E-state index contributed by atoms with van der Waals surface area (Å²) in [6.45, 7) is 3.73. The Morgan fingerprint density at radius 3 is 1.81 bits per heavy atom. The van der Waals surface area contributed by atoms with E-state index in [0.29, 0.717) is 34.1 Å². The number of dihydropyridines is 1. The number of imidazole rings is 1. The van der Waals surface area contributed by atoms with E-state index < -0.39 is 5.92 Å². The molecule has 1 aromatic heterocycles. The number of hydrogen-bond donors (Lipinski definition) is 2. The highest BCUT2D eigenvalue weighted by Crippen LogP contribution is 2.40. The highest BCUT2D eigenvalue weighted by Gasteiger charge is 2.40. The number of aromatic amines is 1. The molecular formula is C30H37N3O4. The van der Waals surface area contributed by atoms with E-state index in [2.05, 4.69) is 15.3 Å². The zero-order chi connectivity index (χ0) is 25.8. The fraction of sp³-hybridized carbons (Fsp3) is 0.500. The molecule has 0 spiro atoms. The van der Waals surface area contributed by atoms with Gasteiger partial charge < -0.3 is 19.8 Å². The molecule has 0 bridgehead atoms. The number of hydrogen-bond acceptors (Lipinski definition) is 6. The van der Waals surface area contributed by atoms with Gasteiger partial charge in [0.25, 0.3) is 0 Å². The van der Waals surface area contributed by atoms with E-state index in [-0.39, 0.29) is 24.1 Å². The van der Waals surface area contributed by atoms with Crippen molar-refractivity contribution in [2.45, 2.75) is 96.2 Å². The molecule has 2 aromatic rings. The average Bonchev–Trinajstić information content (AvgIpc) is 3.40. The molecule has 0 radical (unpaired) electrons. The lowest BCUT2D eigenvalue weighted by molar-refractivity contribution is -0.146. The first-order valence-electron chi connectivity index (χ1n) is 13.7. The quantitative estimate of drug-likeness (QED) is 0.465. The van der Waals surface area contributed by atoms with Crippen LogP contribution < -0.4 is 5.32 Å². The summed E-state index contributed by atoms with van der Waals surface area (Å²) in [6.07, 6.45) is 11.7. The maximum Gasteiger partial charge on any atom is 0.337 e. The first kappa shape index (κ1) is 25.3. The maximum atomic E-state index is 13.7. The number of carbonyl (C=O) groups excluding carboxylic acids is 2. The van der Waals surface area contributed by atoms with Gasteiger partial charge in [-0.05, 0) is 65.2 Å². The second kappa shape index (κ2) is 11.4. The van der Waals surface area contributed by atoms with Crippen LogP contribution >= 0.6 is 0 Å². The van der Waals surface area contributed by atoms with Gasteiger partial charge in [0.1, 0.15) is 18.0 Å². The first-order chi connectivity index (χ1) is 18.0. The Morgan fingerprint density at radius 2 is 1.30 bits per heavy atom. The molecule has 3 aliphatic rings. The fourth-order valence-corrected chi connectivity index (χ4v) is 5.87. The van der Waals surface area contributed by atoms with Crippen LogP contribution in [-0.2, 0) is 19.1 Å². The average molecular weight is 504 g/mol. The molecule has 196 valence electrons. The van der Waals surface area contributed by atoms with E-state index in [4.69, 9.17) is 9.47 Å². The van der Waals surface area contributed by atoms with Crippen LogP contribution in [0.15, 0.2) is 59.1 Å². The van der Waals surface area contributed by atoms with Crippen LogP contribution in [0, 0.1) is 0 Å². The molecule has 5 rings (SSSR count). The molecule has 1 aromatic carbocycles. The van der Waals surface area contributed by atoms with Gasteiger partial charge in [-0.2, -0.15) is 0 Å². The Kier molecular flexibility index (Phi) is 7.77. The maximum absolute atomic E-state index is 13.7. The molecule has 0 amide bonds. The van der Waals surface area contributed by atoms with Gasteiger partial charge in [0, 0.05) is 28.8 Å². The predicted molar refractivity (Wildman–Crippen MR) is 141 cm³/mol. The second-order valence-corrected chi connectivity index (χ2v) is 10.5. The fourth-order valence-electron chi connectivity index (χ4n) is 5.87. The molecular weight excluding hydrogens is 466 g/mol. The van der Waals surface area contributed by atoms with Gasteiger partial charge in [0.05, 0.1) is 17.1 Å². The summed E-state index contributed by atoms with van der Waals surface area (Å²) >= 11 is 0. The van der Waals surface area contributed by atoms with E-state index in [1.54, 1.807) is 6.20 Å². The number of aromatic nitrogens is 2. The van der Waals surface area contributed by atoms with Crippen LogP contribution in [0.4, 0.5) is 0 Å². The minimum absolute atomic E-state index is 0.0894. The van der Waals surface area contributed by atoms with Gasteiger partial charge in [-0.15, -0.1) is 0 Å². The number of rotatable bonds is 6. The summed E-state index contributed by atoms with van der Waals surface area (Å²) in [7, 11) is 0. The number of esters is 2. The summed E-state index contributed by atoms with van der Waals surface area (Å²) in [5.41, 5.74) is 3.86. The SMILES string of the molecule is CC1=C(C(=O)OC2CCCCC2)C(c2cnc(-c3ccccc3)[nH]2)C(C(=O)OC2CCCCC2)=C(C)N1. The Morgan fingerprint density at radius 1 is 0.784 bits per heavy atom. The number of nitrogens with one attached hydrogen (secondary N) is 2. The summed E-state index contributed by atoms with van der Waals surface area (Å²) in [5, 5.41) is 3.28. The van der Waals surface area contributed by atoms with Gasteiger partial charge in [-0.1, -0.05) is 43.2 Å². The first-order valence-corrected chi connectivity index (χ1v) is 13.7. The number of benzene rings is 1. The summed E-state index contributed by atoms with van der Waals surface area (Å²) in [4.78, 5) is 35.3. The lowest BCUT2D eigenvalue weighted by Gasteiger charge is -2.32. The van der Waals surface area contributed by atoms with Gasteiger partial charge in [-0.3, -0.25) is 0 Å². The molecule has 37 heavy (non-hydrogen) atoms. The standard InChI is InChI=1S/C30H37N3O4/c1-19-25(29(34)36-22-14-8-4-9-15-22)27(24-18-31-28(33-24)21-12-6-3-7-13-21)26(20(2)32-19)30(35)37-23-16-10-5-11-17-23/h3,6-7,12-13,18,22-23,27,32H,4-5,8-11,14-17H2,1-2H3,(H,31,33). The Hall–Kier alpha value is -3.35. The summed E-state index contributed by atoms with van der Waals surface area (Å²) in [5.74, 6) is -0.732. The Labute approximate surface area is 218 Å². The van der Waals surface area contributed by atoms with E-state index in [1.165, 1.54) is 12.8 Å². The third-order valence-corrected chi connectivity index (χ3v) is 7.81. The smallest absolute Gasteiger partial charge is 0.337 e. The van der Waals surface area contributed by atoms with Crippen LogP contribution in [0.25, 0.3) is 11.4 Å². The number of carbonyl (C=O) groups is 2. The summed E-state index contributed by atoms with van der Waals surface area (Å²) < 4.78 is 12.0. The summed E-state index contributed by atoms with van der Waals surface area (Å²) in [6, 6.07) is 9.82. The molecule has 0 atom stereocenters. The van der Waals surface area contributed by atoms with E-state index in [9.17, 15) is 9.59 Å². The monoisotopic (exact) mass is 503 g/mol. The molecule has 2 saturated carbocycles. The molecule has 2 N–H and O–H groups in total. The minimum Gasteiger partial charge on any atom is -0.459 e. The van der Waals surface area contributed by atoms with E-state index in [0.717, 1.165) is 56.9 Å². The lowest BCUT2D eigenvalue weighted by atomic mass is 9.83. The largest absolute Gasteiger partial charge is 0.459 e. The number of nitrogens with zero attached hydrogens (tertiary/aromatic N) is 1. The van der Waals surface area contributed by atoms with Crippen LogP contribution in [0.3, 0.4) is 0 Å². The number of allylic oxidation sites excluding steroid dienone is 2. The molecule has 0 saturated heterocycles. The Bertz CT molecular complexity index is 1130. The molecule has 7 nitrogen and oxygen atoms in total. The Balaban J connectivity index is 1.50. The van der Waals surface area contributed by atoms with Crippen molar-refractivity contribution in [2.24, 2.45) is 0 Å². The van der Waals surface area contributed by atoms with Crippen LogP contribution in [0.1, 0.15) is 89.7 Å². The molecule has 7 heteroatoms. The molecule has 2 aliphatic carbocycles. The normalized spacial score (nSPS) is 20.1. The van der Waals surface area contributed by atoms with Crippen molar-refractivity contribution in [3.8, 4) is 11.4 Å². The zero-order valence-electron chi connectivity index (χ0n) is 21.8. The van der Waals surface area contributed by atoms with Crippen molar-refractivity contribution in [3.63, 3.8) is 0 Å². The van der Waals surface area contributed by atoms with Crippen molar-refractivity contribution < 1.29 is 19.1 Å². The number of ether oxygens (including phenoxy) is 2. The molecule has 1 aliphatic heterocycles. The van der Waals surface area contributed by atoms with Gasteiger partial charge >= 0.3 is 11.9 Å². The highest BCUT2D eigenvalue weighted by atomic mass is 16.5. The predicted octanol–water partition coefficient (Wildman–Crippen LogP) is 6.06. The highest BCUT2D eigenvalue weighted by molar-refractivity contribution is 5.99. The molecule has 0 unspecified atom stereocenters.